The molecule has 1 atom stereocenters. The molecule has 0 aliphatic rings. The van der Waals surface area contributed by atoms with E-state index < -0.39 is 0 Å². The van der Waals surface area contributed by atoms with Crippen molar-refractivity contribution in [1.82, 2.24) is 14.8 Å². The van der Waals surface area contributed by atoms with Crippen molar-refractivity contribution in [3.8, 4) is 0 Å². The smallest absolute Gasteiger partial charge is 0.249 e. The Hall–Kier alpha value is -2.21. The van der Waals surface area contributed by atoms with Crippen LogP contribution in [0.5, 0.6) is 0 Å². The van der Waals surface area contributed by atoms with Gasteiger partial charge in [0.15, 0.2) is 0 Å². The highest BCUT2D eigenvalue weighted by Crippen LogP contribution is 2.24. The monoisotopic (exact) mass is 344 g/mol. The molecule has 2 aromatic heterocycles. The topological polar surface area (TPSA) is 59.8 Å². The Morgan fingerprint density at radius 2 is 2.24 bits per heavy atom. The van der Waals surface area contributed by atoms with Gasteiger partial charge in [-0.15, -0.1) is 0 Å². The van der Waals surface area contributed by atoms with Gasteiger partial charge in [0.1, 0.15) is 6.04 Å². The first kappa shape index (κ1) is 13.8. The third-order valence-corrected chi connectivity index (χ3v) is 3.67. The molecule has 0 fully saturated rings. The SMILES string of the molecule is CC(C(=O)Nc1cccc2cc(Br)cnc12)n1cccn1. The first-order valence-electron chi connectivity index (χ1n) is 6.49. The van der Waals surface area contributed by atoms with Crippen molar-refractivity contribution >= 4 is 38.4 Å². The number of aromatic nitrogens is 3. The number of nitrogens with one attached hydrogen (secondary N) is 1. The first-order chi connectivity index (χ1) is 10.1. The molecule has 5 nitrogen and oxygen atoms in total. The minimum atomic E-state index is -0.384. The molecule has 2 heterocycles. The van der Waals surface area contributed by atoms with Crippen LogP contribution in [0.1, 0.15) is 13.0 Å². The summed E-state index contributed by atoms with van der Waals surface area (Å²) in [6, 6.07) is 9.07. The number of fused-ring (bicyclic) bond motifs is 1. The Labute approximate surface area is 130 Å². The summed E-state index contributed by atoms with van der Waals surface area (Å²) in [7, 11) is 0. The molecule has 3 rings (SSSR count). The molecule has 0 aliphatic heterocycles. The number of carbonyl (C=O) groups is 1. The lowest BCUT2D eigenvalue weighted by Gasteiger charge is -2.13. The number of carbonyl (C=O) groups excluding carboxylic acids is 1. The largest absolute Gasteiger partial charge is 0.322 e. The van der Waals surface area contributed by atoms with Crippen molar-refractivity contribution in [2.45, 2.75) is 13.0 Å². The number of hydrogen-bond donors (Lipinski definition) is 1. The number of halogens is 1. The third kappa shape index (κ3) is 2.80. The van der Waals surface area contributed by atoms with Crippen LogP contribution in [0, 0.1) is 0 Å². The minimum absolute atomic E-state index is 0.129. The average molecular weight is 345 g/mol. The summed E-state index contributed by atoms with van der Waals surface area (Å²) in [4.78, 5) is 16.7. The van der Waals surface area contributed by atoms with Crippen LogP contribution in [0.3, 0.4) is 0 Å². The van der Waals surface area contributed by atoms with Crippen LogP contribution in [0.4, 0.5) is 5.69 Å². The van der Waals surface area contributed by atoms with Crippen LogP contribution in [0.2, 0.25) is 0 Å². The average Bonchev–Trinajstić information content (AvgIpc) is 3.00. The van der Waals surface area contributed by atoms with Crippen LogP contribution in [-0.4, -0.2) is 20.7 Å². The molecular formula is C15H13BrN4O. The van der Waals surface area contributed by atoms with Crippen LogP contribution in [0.15, 0.2) is 53.4 Å². The second kappa shape index (κ2) is 5.65. The molecule has 21 heavy (non-hydrogen) atoms. The van der Waals surface area contributed by atoms with E-state index in [0.717, 1.165) is 15.4 Å². The fourth-order valence-electron chi connectivity index (χ4n) is 2.10. The van der Waals surface area contributed by atoms with Gasteiger partial charge in [-0.3, -0.25) is 14.5 Å². The van der Waals surface area contributed by atoms with Crippen molar-refractivity contribution in [2.24, 2.45) is 0 Å². The van der Waals surface area contributed by atoms with Crippen molar-refractivity contribution in [2.75, 3.05) is 5.32 Å². The lowest BCUT2D eigenvalue weighted by molar-refractivity contribution is -0.119. The maximum Gasteiger partial charge on any atom is 0.249 e. The normalized spacial score (nSPS) is 12.3. The van der Waals surface area contributed by atoms with Gasteiger partial charge in [0.05, 0.1) is 11.2 Å². The van der Waals surface area contributed by atoms with E-state index >= 15 is 0 Å². The summed E-state index contributed by atoms with van der Waals surface area (Å²) in [5.74, 6) is -0.129. The van der Waals surface area contributed by atoms with Crippen LogP contribution >= 0.6 is 15.9 Å². The standard InChI is InChI=1S/C15H13BrN4O/c1-10(20-7-3-6-18-20)15(21)19-13-5-2-4-11-8-12(16)9-17-14(11)13/h2-10H,1H3,(H,19,21). The lowest BCUT2D eigenvalue weighted by Crippen LogP contribution is -2.24. The molecule has 106 valence electrons. The predicted molar refractivity (Wildman–Crippen MR) is 85.0 cm³/mol. The number of anilines is 1. The molecular weight excluding hydrogens is 332 g/mol. The van der Waals surface area contributed by atoms with Crippen LogP contribution < -0.4 is 5.32 Å². The summed E-state index contributed by atoms with van der Waals surface area (Å²) in [6.07, 6.45) is 5.14. The Balaban J connectivity index is 1.90. The molecule has 0 bridgehead atoms. The zero-order chi connectivity index (χ0) is 14.8. The molecule has 1 unspecified atom stereocenters. The van der Waals surface area contributed by atoms with E-state index in [0.29, 0.717) is 5.69 Å². The molecule has 1 amide bonds. The minimum Gasteiger partial charge on any atom is -0.322 e. The lowest BCUT2D eigenvalue weighted by atomic mass is 10.2. The number of pyridine rings is 1. The van der Waals surface area contributed by atoms with Gasteiger partial charge in [0, 0.05) is 28.4 Å². The molecule has 0 spiro atoms. The van der Waals surface area contributed by atoms with Gasteiger partial charge in [0.2, 0.25) is 5.91 Å². The molecule has 3 aromatic rings. The Bertz CT molecular complexity index is 785. The molecule has 1 aromatic carbocycles. The summed E-state index contributed by atoms with van der Waals surface area (Å²) < 4.78 is 2.52. The van der Waals surface area contributed by atoms with Gasteiger partial charge in [-0.05, 0) is 41.1 Å². The van der Waals surface area contributed by atoms with E-state index in [9.17, 15) is 4.79 Å². The molecule has 6 heteroatoms. The quantitative estimate of drug-likeness (QED) is 0.792. The summed E-state index contributed by atoms with van der Waals surface area (Å²) in [5, 5.41) is 7.97. The summed E-state index contributed by atoms with van der Waals surface area (Å²) >= 11 is 3.40. The van der Waals surface area contributed by atoms with E-state index in [1.54, 1.807) is 36.3 Å². The molecule has 0 aliphatic carbocycles. The molecule has 1 N–H and O–H groups in total. The molecule has 0 radical (unpaired) electrons. The Kier molecular flexibility index (Phi) is 3.70. The maximum absolute atomic E-state index is 12.3. The highest BCUT2D eigenvalue weighted by Gasteiger charge is 2.16. The third-order valence-electron chi connectivity index (χ3n) is 3.24. The number of nitrogens with zero attached hydrogens (tertiary/aromatic N) is 3. The second-order valence-corrected chi connectivity index (χ2v) is 5.60. The zero-order valence-corrected chi connectivity index (χ0v) is 12.9. The van der Waals surface area contributed by atoms with E-state index in [1.165, 1.54) is 0 Å². The highest BCUT2D eigenvalue weighted by atomic mass is 79.9. The summed E-state index contributed by atoms with van der Waals surface area (Å²) in [5.41, 5.74) is 1.46. The number of rotatable bonds is 3. The first-order valence-corrected chi connectivity index (χ1v) is 7.29. The number of para-hydroxylation sites is 1. The summed E-state index contributed by atoms with van der Waals surface area (Å²) in [6.45, 7) is 1.80. The Morgan fingerprint density at radius 3 is 3.00 bits per heavy atom. The van der Waals surface area contributed by atoms with E-state index in [-0.39, 0.29) is 11.9 Å². The van der Waals surface area contributed by atoms with Gasteiger partial charge < -0.3 is 5.32 Å². The number of benzene rings is 1. The van der Waals surface area contributed by atoms with Gasteiger partial charge in [-0.1, -0.05) is 12.1 Å². The number of hydrogen-bond acceptors (Lipinski definition) is 3. The fraction of sp³-hybridized carbons (Fsp3) is 0.133. The van der Waals surface area contributed by atoms with E-state index in [1.807, 2.05) is 24.3 Å². The van der Waals surface area contributed by atoms with Gasteiger partial charge >= 0.3 is 0 Å². The Morgan fingerprint density at radius 1 is 1.38 bits per heavy atom. The van der Waals surface area contributed by atoms with E-state index in [2.05, 4.69) is 31.3 Å². The van der Waals surface area contributed by atoms with Gasteiger partial charge in [-0.25, -0.2) is 0 Å². The van der Waals surface area contributed by atoms with E-state index in [4.69, 9.17) is 0 Å². The maximum atomic E-state index is 12.3. The van der Waals surface area contributed by atoms with Crippen molar-refractivity contribution in [1.29, 1.82) is 0 Å². The molecule has 0 saturated carbocycles. The van der Waals surface area contributed by atoms with Gasteiger partial charge in [0.25, 0.3) is 0 Å². The zero-order valence-electron chi connectivity index (χ0n) is 11.3. The number of amides is 1. The van der Waals surface area contributed by atoms with Crippen molar-refractivity contribution < 1.29 is 4.79 Å². The van der Waals surface area contributed by atoms with Crippen LogP contribution in [-0.2, 0) is 4.79 Å². The predicted octanol–water partition coefficient (Wildman–Crippen LogP) is 3.39. The highest BCUT2D eigenvalue weighted by molar-refractivity contribution is 9.10. The van der Waals surface area contributed by atoms with Crippen molar-refractivity contribution in [3.63, 3.8) is 0 Å². The second-order valence-electron chi connectivity index (χ2n) is 4.68. The molecule has 0 saturated heterocycles. The van der Waals surface area contributed by atoms with Crippen LogP contribution in [0.25, 0.3) is 10.9 Å². The van der Waals surface area contributed by atoms with Gasteiger partial charge in [-0.2, -0.15) is 5.10 Å². The van der Waals surface area contributed by atoms with Crippen molar-refractivity contribution in [3.05, 3.63) is 53.4 Å². The fourth-order valence-corrected chi connectivity index (χ4v) is 2.45.